The normalized spacial score (nSPS) is 11.2. The molecule has 0 spiro atoms. The summed E-state index contributed by atoms with van der Waals surface area (Å²) in [4.78, 5) is 42.2. The third-order valence-electron chi connectivity index (χ3n) is 5.14. The molecule has 0 bridgehead atoms. The first-order valence-corrected chi connectivity index (χ1v) is 11.3. The van der Waals surface area contributed by atoms with E-state index in [0.29, 0.717) is 25.7 Å². The molecule has 0 saturated carbocycles. The number of benzene rings is 2. The number of aromatic nitrogens is 2. The summed E-state index contributed by atoms with van der Waals surface area (Å²) in [7, 11) is 3.29. The van der Waals surface area contributed by atoms with Crippen LogP contribution < -0.4 is 11.2 Å². The molecular formula is C23H19Cl2N3O3S. The van der Waals surface area contributed by atoms with Crippen LogP contribution in [0.4, 0.5) is 0 Å². The van der Waals surface area contributed by atoms with Gasteiger partial charge in [-0.3, -0.25) is 14.2 Å². The third kappa shape index (κ3) is 3.77. The highest BCUT2D eigenvalue weighted by Gasteiger charge is 2.25. The molecule has 0 radical (unpaired) electrons. The molecule has 164 valence electrons. The number of carbonyl (C=O) groups excluding carboxylic acids is 1. The van der Waals surface area contributed by atoms with E-state index in [4.69, 9.17) is 23.2 Å². The summed E-state index contributed by atoms with van der Waals surface area (Å²) < 4.78 is 2.56. The maximum absolute atomic E-state index is 13.6. The molecule has 0 saturated heterocycles. The fraction of sp³-hybridized carbons (Fsp3) is 0.174. The highest BCUT2D eigenvalue weighted by Crippen LogP contribution is 2.30. The van der Waals surface area contributed by atoms with Crippen LogP contribution in [0.2, 0.25) is 10.0 Å². The van der Waals surface area contributed by atoms with Gasteiger partial charge in [0.05, 0.1) is 27.5 Å². The Morgan fingerprint density at radius 1 is 1.06 bits per heavy atom. The van der Waals surface area contributed by atoms with Gasteiger partial charge in [-0.1, -0.05) is 47.5 Å². The predicted molar refractivity (Wildman–Crippen MR) is 130 cm³/mol. The standard InChI is InChI=1S/C23H19Cl2N3O3S/c1-13-18-20(29)28(17-10-5-4-9-16(17)25)23(31)27(12-14-7-6-8-15(24)11-14)22(18)32-19(13)21(30)26(2)3/h4-11H,12H2,1-3H3. The third-order valence-corrected chi connectivity index (χ3v) is 6.99. The largest absolute Gasteiger partial charge is 0.344 e. The van der Waals surface area contributed by atoms with E-state index in [0.717, 1.165) is 21.5 Å². The van der Waals surface area contributed by atoms with Crippen LogP contribution in [-0.2, 0) is 6.54 Å². The molecule has 0 atom stereocenters. The molecular weight excluding hydrogens is 469 g/mol. The van der Waals surface area contributed by atoms with Gasteiger partial charge in [-0.15, -0.1) is 11.3 Å². The van der Waals surface area contributed by atoms with Crippen LogP contribution in [0.3, 0.4) is 0 Å². The van der Waals surface area contributed by atoms with Crippen molar-refractivity contribution in [3.8, 4) is 5.69 Å². The van der Waals surface area contributed by atoms with Crippen molar-refractivity contribution in [2.45, 2.75) is 13.5 Å². The van der Waals surface area contributed by atoms with Crippen LogP contribution in [0.15, 0.2) is 58.1 Å². The number of amides is 1. The predicted octanol–water partition coefficient (Wildman–Crippen LogP) is 4.58. The van der Waals surface area contributed by atoms with Gasteiger partial charge >= 0.3 is 5.69 Å². The number of aryl methyl sites for hydroxylation is 1. The van der Waals surface area contributed by atoms with Crippen molar-refractivity contribution in [3.05, 3.63) is 95.4 Å². The number of thiophene rings is 1. The molecule has 6 nitrogen and oxygen atoms in total. The summed E-state index contributed by atoms with van der Waals surface area (Å²) in [6.45, 7) is 1.90. The number of rotatable bonds is 4. The molecule has 2 heterocycles. The zero-order valence-corrected chi connectivity index (χ0v) is 19.9. The molecule has 2 aromatic heterocycles. The molecule has 2 aromatic carbocycles. The van der Waals surface area contributed by atoms with Crippen LogP contribution in [0.1, 0.15) is 20.8 Å². The molecule has 9 heteroatoms. The van der Waals surface area contributed by atoms with Crippen molar-refractivity contribution in [3.63, 3.8) is 0 Å². The van der Waals surface area contributed by atoms with Crippen LogP contribution in [0, 0.1) is 6.92 Å². The Balaban J connectivity index is 2.11. The Morgan fingerprint density at radius 2 is 1.78 bits per heavy atom. The zero-order chi connectivity index (χ0) is 23.2. The smallest absolute Gasteiger partial charge is 0.337 e. The lowest BCUT2D eigenvalue weighted by Crippen LogP contribution is -2.39. The summed E-state index contributed by atoms with van der Waals surface area (Å²) in [6, 6.07) is 13.8. The Bertz CT molecular complexity index is 1480. The number of para-hydroxylation sites is 1. The van der Waals surface area contributed by atoms with E-state index in [1.807, 2.05) is 6.07 Å². The van der Waals surface area contributed by atoms with E-state index >= 15 is 0 Å². The SMILES string of the molecule is Cc1c(C(=O)N(C)C)sc2c1c(=O)n(-c1ccccc1Cl)c(=O)n2Cc1cccc(Cl)c1. The minimum Gasteiger partial charge on any atom is -0.344 e. The molecule has 0 aliphatic rings. The number of carbonyl (C=O) groups is 1. The Morgan fingerprint density at radius 3 is 2.44 bits per heavy atom. The minimum atomic E-state index is -0.541. The average molecular weight is 488 g/mol. The molecule has 0 unspecified atom stereocenters. The highest BCUT2D eigenvalue weighted by molar-refractivity contribution is 7.20. The van der Waals surface area contributed by atoms with Gasteiger partial charge in [-0.2, -0.15) is 0 Å². The lowest BCUT2D eigenvalue weighted by atomic mass is 10.2. The Labute approximate surface area is 197 Å². The molecule has 4 aromatic rings. The molecule has 0 fully saturated rings. The van der Waals surface area contributed by atoms with Crippen molar-refractivity contribution in [1.82, 2.24) is 14.0 Å². The molecule has 0 N–H and O–H groups in total. The first-order valence-electron chi connectivity index (χ1n) is 9.70. The van der Waals surface area contributed by atoms with E-state index in [1.54, 1.807) is 63.5 Å². The molecule has 32 heavy (non-hydrogen) atoms. The summed E-state index contributed by atoms with van der Waals surface area (Å²) in [5.41, 5.74) is 0.566. The van der Waals surface area contributed by atoms with Crippen LogP contribution >= 0.6 is 34.5 Å². The topological polar surface area (TPSA) is 64.3 Å². The number of halogens is 2. The number of hydrogen-bond donors (Lipinski definition) is 0. The quantitative estimate of drug-likeness (QED) is 0.423. The van der Waals surface area contributed by atoms with Crippen molar-refractivity contribution in [2.75, 3.05) is 14.1 Å². The maximum atomic E-state index is 13.6. The Kier molecular flexibility index (Phi) is 5.99. The van der Waals surface area contributed by atoms with Crippen LogP contribution in [0.5, 0.6) is 0 Å². The molecule has 1 amide bonds. The van der Waals surface area contributed by atoms with Gasteiger partial charge in [0.2, 0.25) is 0 Å². The van der Waals surface area contributed by atoms with Gasteiger partial charge in [0.1, 0.15) is 4.83 Å². The second-order valence-electron chi connectivity index (χ2n) is 7.53. The molecule has 4 rings (SSSR count). The Hall–Kier alpha value is -2.87. The van der Waals surface area contributed by atoms with E-state index < -0.39 is 11.2 Å². The fourth-order valence-electron chi connectivity index (χ4n) is 3.56. The van der Waals surface area contributed by atoms with Gasteiger partial charge in [-0.25, -0.2) is 9.36 Å². The average Bonchev–Trinajstić information content (AvgIpc) is 3.09. The first-order chi connectivity index (χ1) is 15.2. The summed E-state index contributed by atoms with van der Waals surface area (Å²) >= 11 is 13.6. The summed E-state index contributed by atoms with van der Waals surface area (Å²) in [5.74, 6) is -0.228. The van der Waals surface area contributed by atoms with Crippen molar-refractivity contribution in [2.24, 2.45) is 0 Å². The van der Waals surface area contributed by atoms with E-state index in [2.05, 4.69) is 0 Å². The van der Waals surface area contributed by atoms with Crippen molar-refractivity contribution < 1.29 is 4.79 Å². The lowest BCUT2D eigenvalue weighted by Gasteiger charge is -2.13. The summed E-state index contributed by atoms with van der Waals surface area (Å²) in [6.07, 6.45) is 0. The van der Waals surface area contributed by atoms with Crippen LogP contribution in [0.25, 0.3) is 15.9 Å². The second kappa shape index (κ2) is 8.58. The van der Waals surface area contributed by atoms with Crippen molar-refractivity contribution in [1.29, 1.82) is 0 Å². The highest BCUT2D eigenvalue weighted by atomic mass is 35.5. The second-order valence-corrected chi connectivity index (χ2v) is 9.37. The van der Waals surface area contributed by atoms with E-state index in [1.165, 1.54) is 9.47 Å². The van der Waals surface area contributed by atoms with Gasteiger partial charge in [0.25, 0.3) is 11.5 Å². The lowest BCUT2D eigenvalue weighted by molar-refractivity contribution is 0.0831. The number of nitrogens with zero attached hydrogens (tertiary/aromatic N) is 3. The number of hydrogen-bond acceptors (Lipinski definition) is 4. The fourth-order valence-corrected chi connectivity index (χ4v) is 5.30. The maximum Gasteiger partial charge on any atom is 0.337 e. The van der Waals surface area contributed by atoms with Crippen molar-refractivity contribution >= 4 is 50.7 Å². The van der Waals surface area contributed by atoms with Gasteiger partial charge in [0.15, 0.2) is 0 Å². The molecule has 0 aliphatic carbocycles. The van der Waals surface area contributed by atoms with E-state index in [9.17, 15) is 14.4 Å². The van der Waals surface area contributed by atoms with Gasteiger partial charge in [0, 0.05) is 19.1 Å². The monoisotopic (exact) mass is 487 g/mol. The van der Waals surface area contributed by atoms with E-state index in [-0.39, 0.29) is 23.2 Å². The summed E-state index contributed by atoms with van der Waals surface area (Å²) in [5, 5.41) is 1.14. The molecule has 0 aliphatic heterocycles. The minimum absolute atomic E-state index is 0.177. The number of fused-ring (bicyclic) bond motifs is 1. The van der Waals surface area contributed by atoms with Gasteiger partial charge in [-0.05, 0) is 42.3 Å². The first kappa shape index (κ1) is 22.3. The van der Waals surface area contributed by atoms with Crippen LogP contribution in [-0.4, -0.2) is 34.0 Å². The zero-order valence-electron chi connectivity index (χ0n) is 17.6. The van der Waals surface area contributed by atoms with Gasteiger partial charge < -0.3 is 4.90 Å².